The van der Waals surface area contributed by atoms with Crippen LogP contribution >= 0.6 is 0 Å². The quantitative estimate of drug-likeness (QED) is 0.681. The summed E-state index contributed by atoms with van der Waals surface area (Å²) in [5, 5.41) is 0. The summed E-state index contributed by atoms with van der Waals surface area (Å²) in [5.74, 6) is -0.931. The minimum atomic E-state index is -5.02. The van der Waals surface area contributed by atoms with Crippen molar-refractivity contribution in [2.75, 3.05) is 0 Å². The van der Waals surface area contributed by atoms with Gasteiger partial charge in [0.15, 0.2) is 5.75 Å². The number of halogens is 3. The van der Waals surface area contributed by atoms with Crippen LogP contribution in [-0.2, 0) is 16.5 Å². The summed E-state index contributed by atoms with van der Waals surface area (Å²) >= 11 is 0. The van der Waals surface area contributed by atoms with Crippen molar-refractivity contribution < 1.29 is 30.9 Å². The van der Waals surface area contributed by atoms with Crippen LogP contribution in [-0.4, -0.2) is 48.9 Å². The summed E-state index contributed by atoms with van der Waals surface area (Å²) in [6.07, 6.45) is -4.88. The van der Waals surface area contributed by atoms with Crippen LogP contribution in [0, 0.1) is 0 Å². The molecule has 0 radical (unpaired) electrons. The SMILES string of the molecule is CCc1cccc(OC(F)(F)F)c1S(=O)(=O)O.[NaH]. The molecule has 0 aliphatic rings. The molecule has 0 aliphatic heterocycles. The van der Waals surface area contributed by atoms with Crippen LogP contribution in [0.1, 0.15) is 12.5 Å². The Hall–Kier alpha value is -0.280. The predicted molar refractivity (Wildman–Crippen MR) is 59.5 cm³/mol. The normalized spacial score (nSPS) is 11.8. The molecular formula is C9H10F3NaO4S. The van der Waals surface area contributed by atoms with Crippen molar-refractivity contribution in [2.45, 2.75) is 24.6 Å². The molecule has 0 bridgehead atoms. The molecule has 0 unspecified atom stereocenters. The van der Waals surface area contributed by atoms with E-state index >= 15 is 0 Å². The van der Waals surface area contributed by atoms with Gasteiger partial charge in [0, 0.05) is 0 Å². The number of hydrogen-bond acceptors (Lipinski definition) is 3. The molecule has 0 aromatic heterocycles. The fourth-order valence-corrected chi connectivity index (χ4v) is 2.25. The van der Waals surface area contributed by atoms with Gasteiger partial charge in [-0.15, -0.1) is 13.2 Å². The Balaban J connectivity index is 0.00000289. The van der Waals surface area contributed by atoms with E-state index in [-0.39, 0.29) is 41.5 Å². The van der Waals surface area contributed by atoms with Gasteiger partial charge in [-0.3, -0.25) is 4.55 Å². The third-order valence-electron chi connectivity index (χ3n) is 1.92. The monoisotopic (exact) mass is 294 g/mol. The fourth-order valence-electron chi connectivity index (χ4n) is 1.34. The molecule has 4 nitrogen and oxygen atoms in total. The van der Waals surface area contributed by atoms with Crippen LogP contribution in [0.25, 0.3) is 0 Å². The van der Waals surface area contributed by atoms with Crippen LogP contribution < -0.4 is 4.74 Å². The minimum absolute atomic E-state index is 0. The van der Waals surface area contributed by atoms with E-state index in [0.717, 1.165) is 6.07 Å². The van der Waals surface area contributed by atoms with E-state index in [2.05, 4.69) is 4.74 Å². The number of hydrogen-bond donors (Lipinski definition) is 1. The van der Waals surface area contributed by atoms with Gasteiger partial charge in [-0.05, 0) is 18.1 Å². The van der Waals surface area contributed by atoms with Gasteiger partial charge in [0.2, 0.25) is 0 Å². The fraction of sp³-hybridized carbons (Fsp3) is 0.333. The Bertz CT molecular complexity index is 513. The van der Waals surface area contributed by atoms with Crippen molar-refractivity contribution in [3.8, 4) is 5.75 Å². The van der Waals surface area contributed by atoms with E-state index in [9.17, 15) is 21.6 Å². The van der Waals surface area contributed by atoms with Crippen molar-refractivity contribution in [1.29, 1.82) is 0 Å². The first-order valence-corrected chi connectivity index (χ1v) is 5.94. The van der Waals surface area contributed by atoms with Crippen LogP contribution in [0.2, 0.25) is 0 Å². The standard InChI is InChI=1S/C9H9F3O4S.Na.H/c1-2-6-4-3-5-7(16-9(10,11)12)8(6)17(13,14)15;;/h3-5H,2H2,1H3,(H,13,14,15);;. The summed E-state index contributed by atoms with van der Waals surface area (Å²) in [6, 6.07) is 3.34. The van der Waals surface area contributed by atoms with Crippen LogP contribution in [0.5, 0.6) is 5.75 Å². The second kappa shape index (κ2) is 6.25. The van der Waals surface area contributed by atoms with E-state index in [1.807, 2.05) is 0 Å². The Morgan fingerprint density at radius 2 is 1.89 bits per heavy atom. The first-order valence-electron chi connectivity index (χ1n) is 4.50. The van der Waals surface area contributed by atoms with Crippen LogP contribution in [0.15, 0.2) is 23.1 Å². The maximum atomic E-state index is 12.0. The average molecular weight is 294 g/mol. The van der Waals surface area contributed by atoms with Gasteiger partial charge in [-0.1, -0.05) is 19.1 Å². The van der Waals surface area contributed by atoms with E-state index in [4.69, 9.17) is 4.55 Å². The second-order valence-electron chi connectivity index (χ2n) is 3.12. The molecule has 1 aromatic rings. The summed E-state index contributed by atoms with van der Waals surface area (Å²) in [5.41, 5.74) is 0.0502. The number of ether oxygens (including phenoxy) is 1. The maximum absolute atomic E-state index is 12.0. The van der Waals surface area contributed by atoms with Crippen LogP contribution in [0.4, 0.5) is 13.2 Å². The number of rotatable bonds is 3. The molecule has 1 rings (SSSR count). The third-order valence-corrected chi connectivity index (χ3v) is 2.90. The molecule has 1 N–H and O–H groups in total. The third kappa shape index (κ3) is 4.77. The Morgan fingerprint density at radius 1 is 1.33 bits per heavy atom. The Kier molecular flexibility index (Phi) is 6.15. The molecular weight excluding hydrogens is 284 g/mol. The molecule has 0 heterocycles. The van der Waals surface area contributed by atoms with E-state index < -0.39 is 27.1 Å². The van der Waals surface area contributed by atoms with Gasteiger partial charge >= 0.3 is 35.9 Å². The van der Waals surface area contributed by atoms with Crippen molar-refractivity contribution >= 4 is 39.7 Å². The summed E-state index contributed by atoms with van der Waals surface area (Å²) in [4.78, 5) is -0.847. The van der Waals surface area contributed by atoms with Gasteiger partial charge in [0.1, 0.15) is 4.90 Å². The zero-order chi connectivity index (χ0) is 13.3. The number of alkyl halides is 3. The zero-order valence-electron chi connectivity index (χ0n) is 8.65. The molecule has 0 saturated heterocycles. The second-order valence-corrected chi connectivity index (χ2v) is 4.48. The Labute approximate surface area is 124 Å². The molecule has 0 fully saturated rings. The first-order chi connectivity index (χ1) is 7.65. The molecule has 0 amide bonds. The molecule has 1 aromatic carbocycles. The van der Waals surface area contributed by atoms with Gasteiger partial charge in [-0.25, -0.2) is 0 Å². The predicted octanol–water partition coefficient (Wildman–Crippen LogP) is 1.75. The van der Waals surface area contributed by atoms with Crippen molar-refractivity contribution in [2.24, 2.45) is 0 Å². The summed E-state index contributed by atoms with van der Waals surface area (Å²) in [7, 11) is -4.77. The molecule has 0 saturated carbocycles. The van der Waals surface area contributed by atoms with Gasteiger partial charge in [0.05, 0.1) is 0 Å². The topological polar surface area (TPSA) is 63.6 Å². The van der Waals surface area contributed by atoms with Gasteiger partial charge in [0.25, 0.3) is 10.1 Å². The average Bonchev–Trinajstić information content (AvgIpc) is 2.12. The van der Waals surface area contributed by atoms with Gasteiger partial charge < -0.3 is 4.74 Å². The van der Waals surface area contributed by atoms with Crippen molar-refractivity contribution in [1.82, 2.24) is 0 Å². The zero-order valence-corrected chi connectivity index (χ0v) is 9.47. The van der Waals surface area contributed by atoms with Crippen LogP contribution in [0.3, 0.4) is 0 Å². The Morgan fingerprint density at radius 3 is 2.28 bits per heavy atom. The molecule has 9 heteroatoms. The number of aryl methyl sites for hydroxylation is 1. The van der Waals surface area contributed by atoms with Crippen molar-refractivity contribution in [3.63, 3.8) is 0 Å². The van der Waals surface area contributed by atoms with E-state index in [1.165, 1.54) is 12.1 Å². The van der Waals surface area contributed by atoms with E-state index in [0.29, 0.717) is 0 Å². The molecule has 18 heavy (non-hydrogen) atoms. The van der Waals surface area contributed by atoms with Crippen molar-refractivity contribution in [3.05, 3.63) is 23.8 Å². The first kappa shape index (κ1) is 17.7. The van der Waals surface area contributed by atoms with E-state index in [1.54, 1.807) is 6.92 Å². The molecule has 0 spiro atoms. The summed E-state index contributed by atoms with van der Waals surface area (Å²) < 4.78 is 70.7. The molecule has 0 aliphatic carbocycles. The van der Waals surface area contributed by atoms with Gasteiger partial charge in [-0.2, -0.15) is 8.42 Å². The molecule has 98 valence electrons. The summed E-state index contributed by atoms with van der Waals surface area (Å²) in [6.45, 7) is 1.54. The molecule has 0 atom stereocenters. The number of benzene rings is 1.